The summed E-state index contributed by atoms with van der Waals surface area (Å²) in [7, 11) is 0. The van der Waals surface area contributed by atoms with Crippen molar-refractivity contribution in [2.24, 2.45) is 0 Å². The Kier molecular flexibility index (Phi) is 6.92. The van der Waals surface area contributed by atoms with Gasteiger partial charge in [0.15, 0.2) is 5.78 Å². The third kappa shape index (κ3) is 5.06. The van der Waals surface area contributed by atoms with E-state index in [-0.39, 0.29) is 36.7 Å². The molecule has 0 amide bonds. The third-order valence-electron chi connectivity index (χ3n) is 3.87. The molecule has 0 aliphatic rings. The molecule has 0 saturated carbocycles. The van der Waals surface area contributed by atoms with Gasteiger partial charge in [0.05, 0.1) is 30.3 Å². The van der Waals surface area contributed by atoms with E-state index in [4.69, 9.17) is 15.1 Å². The van der Waals surface area contributed by atoms with Crippen LogP contribution in [0.25, 0.3) is 0 Å². The van der Waals surface area contributed by atoms with Crippen LogP contribution < -0.4 is 15.2 Å². The Hall–Kier alpha value is -3.37. The molecule has 27 heavy (non-hydrogen) atoms. The van der Waals surface area contributed by atoms with Gasteiger partial charge in [-0.1, -0.05) is 6.92 Å². The molecule has 7 nitrogen and oxygen atoms in total. The van der Waals surface area contributed by atoms with E-state index in [1.54, 1.807) is 37.3 Å². The van der Waals surface area contributed by atoms with E-state index in [2.05, 4.69) is 5.32 Å². The summed E-state index contributed by atoms with van der Waals surface area (Å²) in [5.41, 5.74) is 1.47. The first-order valence-electron chi connectivity index (χ1n) is 8.38. The van der Waals surface area contributed by atoms with Crippen LogP contribution in [0.3, 0.4) is 0 Å². The Morgan fingerprint density at radius 1 is 1.26 bits per heavy atom. The van der Waals surface area contributed by atoms with Gasteiger partial charge in [-0.3, -0.25) is 4.79 Å². The second-order valence-electron chi connectivity index (χ2n) is 5.69. The molecule has 2 rings (SSSR count). The number of carboxylic acids is 1. The Labute approximate surface area is 156 Å². The van der Waals surface area contributed by atoms with Crippen molar-refractivity contribution in [1.29, 1.82) is 5.26 Å². The van der Waals surface area contributed by atoms with E-state index in [0.717, 1.165) is 0 Å². The number of ketones is 1. The molecule has 0 aliphatic heterocycles. The smallest absolute Gasteiger partial charge is 0.162 e. The molecule has 0 aromatic heterocycles. The number of hydrogen-bond donors (Lipinski definition) is 2. The first kappa shape index (κ1) is 19.9. The number of hydrogen-bond acceptors (Lipinski definition) is 7. The monoisotopic (exact) mass is 367 g/mol. The number of carboxylic acid groups (broad SMARTS) is 1. The highest BCUT2D eigenvalue weighted by Gasteiger charge is 2.20. The zero-order chi connectivity index (χ0) is 19.8. The number of Topliss-reactive ketones (excluding diaryl/α,β-unsaturated/α-hetero) is 1. The van der Waals surface area contributed by atoms with Crippen LogP contribution >= 0.6 is 0 Å². The highest BCUT2D eigenvalue weighted by Crippen LogP contribution is 2.30. The van der Waals surface area contributed by atoms with Crippen molar-refractivity contribution in [3.05, 3.63) is 59.2 Å². The van der Waals surface area contributed by atoms with Gasteiger partial charge in [0.2, 0.25) is 0 Å². The predicted octanol–water partition coefficient (Wildman–Crippen LogP) is 1.43. The summed E-state index contributed by atoms with van der Waals surface area (Å²) in [4.78, 5) is 23.8. The quantitative estimate of drug-likeness (QED) is 0.643. The molecule has 0 heterocycles. The summed E-state index contributed by atoms with van der Waals surface area (Å²) < 4.78 is 5.42. The van der Waals surface area contributed by atoms with E-state index >= 15 is 0 Å². The topological polar surface area (TPSA) is 122 Å². The SMILES string of the molecule is CCC(=O)c1ccc(OCCO)c(C(Nc2ccc(C#N)cc2)C(=O)[O-])c1. The maximum Gasteiger partial charge on any atom is 0.162 e. The van der Waals surface area contributed by atoms with E-state index in [1.807, 2.05) is 6.07 Å². The van der Waals surface area contributed by atoms with Crippen molar-refractivity contribution in [3.63, 3.8) is 0 Å². The first-order valence-corrected chi connectivity index (χ1v) is 8.38. The lowest BCUT2D eigenvalue weighted by atomic mass is 9.99. The van der Waals surface area contributed by atoms with Crippen LogP contribution in [0.15, 0.2) is 42.5 Å². The summed E-state index contributed by atoms with van der Waals surface area (Å²) in [5.74, 6) is -1.32. The fourth-order valence-corrected chi connectivity index (χ4v) is 2.51. The number of nitriles is 1. The summed E-state index contributed by atoms with van der Waals surface area (Å²) in [5, 5.41) is 32.4. The van der Waals surface area contributed by atoms with Crippen LogP contribution in [0.5, 0.6) is 5.75 Å². The van der Waals surface area contributed by atoms with Gasteiger partial charge in [0.25, 0.3) is 0 Å². The molecule has 0 radical (unpaired) electrons. The zero-order valence-corrected chi connectivity index (χ0v) is 14.8. The lowest BCUT2D eigenvalue weighted by Crippen LogP contribution is -2.34. The number of carbonyl (C=O) groups excluding carboxylic acids is 2. The zero-order valence-electron chi connectivity index (χ0n) is 14.8. The largest absolute Gasteiger partial charge is 0.548 e. The Morgan fingerprint density at radius 2 is 1.96 bits per heavy atom. The molecule has 2 N–H and O–H groups in total. The number of rotatable bonds is 9. The number of aliphatic carboxylic acids is 1. The molecule has 1 atom stereocenters. The van der Waals surface area contributed by atoms with Crippen molar-refractivity contribution < 1.29 is 24.5 Å². The minimum Gasteiger partial charge on any atom is -0.548 e. The molecule has 7 heteroatoms. The van der Waals surface area contributed by atoms with Crippen molar-refractivity contribution in [2.45, 2.75) is 19.4 Å². The van der Waals surface area contributed by atoms with Crippen LogP contribution in [0, 0.1) is 11.3 Å². The Bertz CT molecular complexity index is 856. The number of anilines is 1. The van der Waals surface area contributed by atoms with Gasteiger partial charge in [-0.2, -0.15) is 5.26 Å². The van der Waals surface area contributed by atoms with Gasteiger partial charge in [0, 0.05) is 23.2 Å². The maximum atomic E-state index is 12.0. The number of benzene rings is 2. The van der Waals surface area contributed by atoms with E-state index in [1.165, 1.54) is 12.1 Å². The summed E-state index contributed by atoms with van der Waals surface area (Å²) >= 11 is 0. The van der Waals surface area contributed by atoms with Crippen molar-refractivity contribution in [3.8, 4) is 11.8 Å². The summed E-state index contributed by atoms with van der Waals surface area (Å²) in [6.07, 6.45) is 0.273. The minimum absolute atomic E-state index is 0.0231. The standard InChI is InChI=1S/C20H20N2O5/c1-2-17(24)14-5-8-18(27-10-9-23)16(11-14)19(20(25)26)22-15-6-3-13(12-21)4-7-15/h3-8,11,19,22-23H,2,9-10H2,1H3,(H,25,26)/p-1. The Morgan fingerprint density at radius 3 is 2.52 bits per heavy atom. The number of carbonyl (C=O) groups is 2. The number of aliphatic hydroxyl groups excluding tert-OH is 1. The molecule has 0 fully saturated rings. The molecular weight excluding hydrogens is 348 g/mol. The van der Waals surface area contributed by atoms with E-state index in [0.29, 0.717) is 16.8 Å². The van der Waals surface area contributed by atoms with Crippen LogP contribution in [0.4, 0.5) is 5.69 Å². The number of nitrogens with one attached hydrogen (secondary N) is 1. The highest BCUT2D eigenvalue weighted by atomic mass is 16.5. The average Bonchev–Trinajstić information content (AvgIpc) is 2.70. The normalized spacial score (nSPS) is 11.3. The van der Waals surface area contributed by atoms with Gasteiger partial charge in [-0.05, 0) is 42.5 Å². The molecule has 0 aliphatic carbocycles. The Balaban J connectivity index is 2.44. The van der Waals surface area contributed by atoms with E-state index < -0.39 is 12.0 Å². The minimum atomic E-state index is -1.41. The number of nitrogens with zero attached hydrogens (tertiary/aromatic N) is 1. The number of ether oxygens (including phenoxy) is 1. The van der Waals surface area contributed by atoms with Crippen LogP contribution in [-0.2, 0) is 4.79 Å². The van der Waals surface area contributed by atoms with Gasteiger partial charge in [0.1, 0.15) is 12.4 Å². The lowest BCUT2D eigenvalue weighted by Gasteiger charge is -2.24. The molecule has 0 saturated heterocycles. The molecule has 0 spiro atoms. The predicted molar refractivity (Wildman–Crippen MR) is 96.2 cm³/mol. The molecule has 2 aromatic rings. The second kappa shape index (κ2) is 9.36. The van der Waals surface area contributed by atoms with Crippen molar-refractivity contribution in [1.82, 2.24) is 0 Å². The molecule has 140 valence electrons. The molecule has 1 unspecified atom stereocenters. The fourth-order valence-electron chi connectivity index (χ4n) is 2.51. The van der Waals surface area contributed by atoms with E-state index in [9.17, 15) is 14.7 Å². The van der Waals surface area contributed by atoms with Crippen molar-refractivity contribution >= 4 is 17.4 Å². The fraction of sp³-hybridized carbons (Fsp3) is 0.250. The molecule has 0 bridgehead atoms. The molecular formula is C20H19N2O5-. The number of aliphatic hydroxyl groups is 1. The van der Waals surface area contributed by atoms with Gasteiger partial charge in [-0.25, -0.2) is 0 Å². The third-order valence-corrected chi connectivity index (χ3v) is 3.87. The highest BCUT2D eigenvalue weighted by molar-refractivity contribution is 5.96. The lowest BCUT2D eigenvalue weighted by molar-refractivity contribution is -0.307. The summed E-state index contributed by atoms with van der Waals surface area (Å²) in [6.45, 7) is 1.45. The van der Waals surface area contributed by atoms with Gasteiger partial charge < -0.3 is 25.1 Å². The van der Waals surface area contributed by atoms with Gasteiger partial charge in [-0.15, -0.1) is 0 Å². The maximum absolute atomic E-state index is 12.0. The first-order chi connectivity index (χ1) is 13.0. The van der Waals surface area contributed by atoms with Crippen molar-refractivity contribution in [2.75, 3.05) is 18.5 Å². The van der Waals surface area contributed by atoms with Crippen LogP contribution in [-0.4, -0.2) is 30.1 Å². The van der Waals surface area contributed by atoms with Crippen LogP contribution in [0.1, 0.15) is 40.9 Å². The second-order valence-corrected chi connectivity index (χ2v) is 5.69. The van der Waals surface area contributed by atoms with Crippen LogP contribution in [0.2, 0.25) is 0 Å². The average molecular weight is 367 g/mol. The molecule has 2 aromatic carbocycles. The van der Waals surface area contributed by atoms with Gasteiger partial charge >= 0.3 is 0 Å². The summed E-state index contributed by atoms with van der Waals surface area (Å²) in [6, 6.07) is 11.4.